The van der Waals surface area contributed by atoms with Crippen LogP contribution in [0.15, 0.2) is 18.2 Å². The van der Waals surface area contributed by atoms with Crippen LogP contribution in [0.4, 0.5) is 10.1 Å². The maximum atomic E-state index is 13.5. The summed E-state index contributed by atoms with van der Waals surface area (Å²) >= 11 is 0. The van der Waals surface area contributed by atoms with E-state index < -0.39 is 17.8 Å². The maximum Gasteiger partial charge on any atom is 0.308 e. The lowest BCUT2D eigenvalue weighted by Crippen LogP contribution is -2.42. The molecule has 7 heteroatoms. The Bertz CT molecular complexity index is 747. The van der Waals surface area contributed by atoms with Crippen LogP contribution in [0.1, 0.15) is 31.7 Å². The molecule has 1 aromatic carbocycles. The Morgan fingerprint density at radius 3 is 2.65 bits per heavy atom. The monoisotopic (exact) mass is 362 g/mol. The number of rotatable bonds is 6. The van der Waals surface area contributed by atoms with E-state index in [0.29, 0.717) is 11.3 Å². The Kier molecular flexibility index (Phi) is 4.98. The van der Waals surface area contributed by atoms with E-state index in [2.05, 4.69) is 0 Å². The number of aryl methyl sites for hydroxylation is 1. The average Bonchev–Trinajstić information content (AvgIpc) is 3.36. The van der Waals surface area contributed by atoms with Crippen molar-refractivity contribution >= 4 is 23.5 Å². The number of halogens is 1. The van der Waals surface area contributed by atoms with Crippen LogP contribution < -0.4 is 4.90 Å². The minimum atomic E-state index is -0.936. The van der Waals surface area contributed by atoms with Crippen LogP contribution >= 0.6 is 0 Å². The largest absolute Gasteiger partial charge is 0.481 e. The molecule has 2 aliphatic rings. The van der Waals surface area contributed by atoms with E-state index in [1.165, 1.54) is 17.0 Å². The molecule has 1 aliphatic carbocycles. The van der Waals surface area contributed by atoms with Crippen molar-refractivity contribution in [2.45, 2.75) is 39.2 Å². The molecular weight excluding hydrogens is 339 g/mol. The predicted molar refractivity (Wildman–Crippen MR) is 93.1 cm³/mol. The van der Waals surface area contributed by atoms with Gasteiger partial charge in [-0.25, -0.2) is 4.39 Å². The number of carbonyl (C=O) groups is 3. The summed E-state index contributed by atoms with van der Waals surface area (Å²) < 4.78 is 13.5. The molecule has 1 heterocycles. The maximum absolute atomic E-state index is 13.5. The molecule has 26 heavy (non-hydrogen) atoms. The number of carbonyl (C=O) groups excluding carboxylic acids is 2. The number of nitrogens with zero attached hydrogens (tertiary/aromatic N) is 2. The number of carboxylic acid groups (broad SMARTS) is 1. The van der Waals surface area contributed by atoms with E-state index in [1.54, 1.807) is 24.8 Å². The summed E-state index contributed by atoms with van der Waals surface area (Å²) in [5.74, 6) is -2.74. The number of hydrogen-bond acceptors (Lipinski definition) is 3. The van der Waals surface area contributed by atoms with Crippen molar-refractivity contribution in [2.75, 3.05) is 18.0 Å². The smallest absolute Gasteiger partial charge is 0.308 e. The highest BCUT2D eigenvalue weighted by molar-refractivity contribution is 6.00. The normalized spacial score (nSPS) is 21.0. The summed E-state index contributed by atoms with van der Waals surface area (Å²) in [5, 5.41) is 9.13. The molecule has 0 spiro atoms. The van der Waals surface area contributed by atoms with E-state index >= 15 is 0 Å². The molecule has 2 fully saturated rings. The van der Waals surface area contributed by atoms with Gasteiger partial charge in [0.05, 0.1) is 11.8 Å². The summed E-state index contributed by atoms with van der Waals surface area (Å²) in [7, 11) is 0. The highest BCUT2D eigenvalue weighted by Gasteiger charge is 2.42. The van der Waals surface area contributed by atoms with Crippen LogP contribution in [-0.4, -0.2) is 46.9 Å². The third kappa shape index (κ3) is 3.71. The van der Waals surface area contributed by atoms with Crippen molar-refractivity contribution in [1.82, 2.24) is 4.90 Å². The highest BCUT2D eigenvalue weighted by Crippen LogP contribution is 2.33. The molecule has 1 saturated carbocycles. The van der Waals surface area contributed by atoms with Gasteiger partial charge in [0, 0.05) is 31.2 Å². The fourth-order valence-electron chi connectivity index (χ4n) is 3.33. The van der Waals surface area contributed by atoms with E-state index in [4.69, 9.17) is 5.11 Å². The van der Waals surface area contributed by atoms with Crippen LogP contribution in [0.5, 0.6) is 0 Å². The standard InChI is InChI=1S/C19H23FN2O4/c1-11-7-15(5-6-16(11)20)21-10-13(8-17(21)23)18(24)22(14-3-4-14)9-12(2)19(25)26/h5-7,12-14H,3-4,8-10H2,1-2H3,(H,25,26). The summed E-state index contributed by atoms with van der Waals surface area (Å²) in [6.07, 6.45) is 1.85. The summed E-state index contributed by atoms with van der Waals surface area (Å²) in [5.41, 5.74) is 1.03. The number of amides is 2. The molecule has 0 bridgehead atoms. The first kappa shape index (κ1) is 18.4. The molecule has 1 N–H and O–H groups in total. The van der Waals surface area contributed by atoms with Crippen molar-refractivity contribution in [1.29, 1.82) is 0 Å². The van der Waals surface area contributed by atoms with E-state index in [9.17, 15) is 18.8 Å². The lowest BCUT2D eigenvalue weighted by molar-refractivity contribution is -0.144. The van der Waals surface area contributed by atoms with Gasteiger partial charge in [-0.05, 0) is 43.5 Å². The minimum absolute atomic E-state index is 0.0847. The quantitative estimate of drug-likeness (QED) is 0.842. The van der Waals surface area contributed by atoms with Gasteiger partial charge in [0.15, 0.2) is 0 Å². The lowest BCUT2D eigenvalue weighted by Gasteiger charge is -2.27. The second-order valence-corrected chi connectivity index (χ2v) is 7.30. The number of aliphatic carboxylic acids is 1. The second-order valence-electron chi connectivity index (χ2n) is 7.30. The van der Waals surface area contributed by atoms with Crippen molar-refractivity contribution in [3.8, 4) is 0 Å². The molecule has 1 aromatic rings. The Balaban J connectivity index is 1.73. The van der Waals surface area contributed by atoms with Gasteiger partial charge in [-0.15, -0.1) is 0 Å². The third-order valence-corrected chi connectivity index (χ3v) is 5.09. The number of hydrogen-bond donors (Lipinski definition) is 1. The van der Waals surface area contributed by atoms with Crippen LogP contribution in [-0.2, 0) is 14.4 Å². The van der Waals surface area contributed by atoms with Crippen molar-refractivity contribution < 1.29 is 23.9 Å². The fraction of sp³-hybridized carbons (Fsp3) is 0.526. The number of carboxylic acids is 1. The van der Waals surface area contributed by atoms with Gasteiger partial charge >= 0.3 is 5.97 Å². The van der Waals surface area contributed by atoms with Crippen LogP contribution in [0.3, 0.4) is 0 Å². The topological polar surface area (TPSA) is 77.9 Å². The molecule has 0 aromatic heterocycles. The Morgan fingerprint density at radius 2 is 2.08 bits per heavy atom. The highest BCUT2D eigenvalue weighted by atomic mass is 19.1. The first-order valence-electron chi connectivity index (χ1n) is 8.87. The molecule has 1 aliphatic heterocycles. The zero-order chi connectivity index (χ0) is 19.0. The van der Waals surface area contributed by atoms with Crippen molar-refractivity contribution in [3.05, 3.63) is 29.6 Å². The van der Waals surface area contributed by atoms with E-state index in [-0.39, 0.29) is 43.2 Å². The van der Waals surface area contributed by atoms with Gasteiger partial charge in [-0.2, -0.15) is 0 Å². The van der Waals surface area contributed by atoms with E-state index in [1.807, 2.05) is 0 Å². The number of benzene rings is 1. The van der Waals surface area contributed by atoms with Crippen molar-refractivity contribution in [3.63, 3.8) is 0 Å². The first-order valence-corrected chi connectivity index (χ1v) is 8.87. The summed E-state index contributed by atoms with van der Waals surface area (Å²) in [4.78, 5) is 39.6. The zero-order valence-corrected chi connectivity index (χ0v) is 14.9. The minimum Gasteiger partial charge on any atom is -0.481 e. The fourth-order valence-corrected chi connectivity index (χ4v) is 3.33. The Hall–Kier alpha value is -2.44. The molecule has 1 saturated heterocycles. The van der Waals surface area contributed by atoms with Crippen LogP contribution in [0.2, 0.25) is 0 Å². The van der Waals surface area contributed by atoms with Gasteiger partial charge in [0.2, 0.25) is 11.8 Å². The van der Waals surface area contributed by atoms with E-state index in [0.717, 1.165) is 12.8 Å². The summed E-state index contributed by atoms with van der Waals surface area (Å²) in [6, 6.07) is 4.54. The Labute approximate surface area is 151 Å². The zero-order valence-electron chi connectivity index (χ0n) is 14.9. The first-order chi connectivity index (χ1) is 12.3. The van der Waals surface area contributed by atoms with Gasteiger partial charge in [-0.1, -0.05) is 6.92 Å². The molecule has 2 unspecified atom stereocenters. The molecule has 0 radical (unpaired) electrons. The van der Waals surface area contributed by atoms with Gasteiger partial charge < -0.3 is 14.9 Å². The molecular formula is C19H23FN2O4. The molecule has 140 valence electrons. The lowest BCUT2D eigenvalue weighted by atomic mass is 10.1. The van der Waals surface area contributed by atoms with Crippen LogP contribution in [0, 0.1) is 24.6 Å². The predicted octanol–water partition coefficient (Wildman–Crippen LogP) is 2.20. The molecule has 6 nitrogen and oxygen atoms in total. The summed E-state index contributed by atoms with van der Waals surface area (Å²) in [6.45, 7) is 3.62. The van der Waals surface area contributed by atoms with Gasteiger partial charge in [-0.3, -0.25) is 14.4 Å². The Morgan fingerprint density at radius 1 is 1.38 bits per heavy atom. The number of anilines is 1. The van der Waals surface area contributed by atoms with Gasteiger partial charge in [0.1, 0.15) is 5.82 Å². The molecule has 2 amide bonds. The average molecular weight is 362 g/mol. The SMILES string of the molecule is Cc1cc(N2CC(C(=O)N(CC(C)C(=O)O)C3CC3)CC2=O)ccc1F. The van der Waals surface area contributed by atoms with Crippen LogP contribution in [0.25, 0.3) is 0 Å². The molecule has 2 atom stereocenters. The third-order valence-electron chi connectivity index (χ3n) is 5.09. The van der Waals surface area contributed by atoms with Crippen molar-refractivity contribution in [2.24, 2.45) is 11.8 Å². The second kappa shape index (κ2) is 7.05. The van der Waals surface area contributed by atoms with Gasteiger partial charge in [0.25, 0.3) is 0 Å². The molecule has 3 rings (SSSR count).